The zero-order chi connectivity index (χ0) is 26.5. The van der Waals surface area contributed by atoms with Gasteiger partial charge in [0.25, 0.3) is 0 Å². The summed E-state index contributed by atoms with van der Waals surface area (Å²) in [7, 11) is 0. The van der Waals surface area contributed by atoms with Gasteiger partial charge in [0.15, 0.2) is 0 Å². The van der Waals surface area contributed by atoms with Crippen molar-refractivity contribution in [3.63, 3.8) is 0 Å². The second-order valence-corrected chi connectivity index (χ2v) is 12.0. The number of rotatable bonds is 6. The minimum Gasteiger partial charge on any atom is -0.370 e. The van der Waals surface area contributed by atoms with Crippen molar-refractivity contribution in [2.75, 3.05) is 23.3 Å². The van der Waals surface area contributed by atoms with Gasteiger partial charge in [0.2, 0.25) is 0 Å². The van der Waals surface area contributed by atoms with E-state index in [0.717, 1.165) is 30.9 Å². The molecule has 3 aromatic rings. The fourth-order valence-electron chi connectivity index (χ4n) is 5.94. The number of hydrogen-bond donors (Lipinski definition) is 2. The smallest absolute Gasteiger partial charge is 0.126 e. The summed E-state index contributed by atoms with van der Waals surface area (Å²) in [4.78, 5) is 7.17. The quantitative estimate of drug-likeness (QED) is 0.380. The average molecular weight is 508 g/mol. The minimum absolute atomic E-state index is 0.125. The van der Waals surface area contributed by atoms with E-state index in [1.54, 1.807) is 0 Å². The Balaban J connectivity index is 1.25. The van der Waals surface area contributed by atoms with Crippen LogP contribution in [0.5, 0.6) is 0 Å². The Kier molecular flexibility index (Phi) is 8.00. The van der Waals surface area contributed by atoms with Gasteiger partial charge in [0, 0.05) is 43.1 Å². The molecule has 0 radical (unpaired) electrons. The van der Waals surface area contributed by atoms with Gasteiger partial charge in [-0.1, -0.05) is 57.9 Å². The number of benzene rings is 2. The van der Waals surface area contributed by atoms with E-state index in [1.165, 1.54) is 54.5 Å². The fraction of sp³-hybridized carbons (Fsp3) is 0.455. The van der Waals surface area contributed by atoms with Crippen LogP contribution in [0.15, 0.2) is 66.9 Å². The maximum Gasteiger partial charge on any atom is 0.126 e. The van der Waals surface area contributed by atoms with Crippen molar-refractivity contribution >= 4 is 11.5 Å². The van der Waals surface area contributed by atoms with Crippen LogP contribution in [-0.4, -0.2) is 36.2 Å². The van der Waals surface area contributed by atoms with Crippen LogP contribution >= 0.6 is 0 Å². The molecule has 5 rings (SSSR count). The van der Waals surface area contributed by atoms with Gasteiger partial charge in [-0.15, -0.1) is 0 Å². The van der Waals surface area contributed by atoms with E-state index in [4.69, 9.17) is 10.2 Å². The summed E-state index contributed by atoms with van der Waals surface area (Å²) in [6.07, 6.45) is 9.20. The third-order valence-electron chi connectivity index (χ3n) is 8.15. The van der Waals surface area contributed by atoms with Gasteiger partial charge in [0.05, 0.1) is 11.6 Å². The van der Waals surface area contributed by atoms with E-state index in [9.17, 15) is 0 Å². The lowest BCUT2D eigenvalue weighted by molar-refractivity contribution is 0.293. The molecule has 0 unspecified atom stereocenters. The zero-order valence-corrected chi connectivity index (χ0v) is 23.1. The topological polar surface area (TPSA) is 64.0 Å². The van der Waals surface area contributed by atoms with E-state index in [1.807, 2.05) is 18.3 Å². The van der Waals surface area contributed by atoms with Gasteiger partial charge in [-0.25, -0.2) is 4.98 Å². The highest BCUT2D eigenvalue weighted by Gasteiger charge is 2.29. The lowest BCUT2D eigenvalue weighted by Gasteiger charge is -2.40. The molecule has 2 aromatic carbocycles. The molecule has 2 N–H and O–H groups in total. The van der Waals surface area contributed by atoms with Crippen LogP contribution in [0.25, 0.3) is 11.1 Å². The summed E-state index contributed by atoms with van der Waals surface area (Å²) in [5, 5.41) is 17.0. The molecule has 2 heterocycles. The normalized spacial score (nSPS) is 22.1. The molecule has 0 spiro atoms. The maximum absolute atomic E-state index is 9.12. The second kappa shape index (κ2) is 11.6. The number of hydrogen-bond acceptors (Lipinski definition) is 5. The average Bonchev–Trinajstić information content (AvgIpc) is 2.94. The maximum atomic E-state index is 9.12. The third kappa shape index (κ3) is 6.37. The van der Waals surface area contributed by atoms with Crippen LogP contribution in [0.2, 0.25) is 0 Å². The van der Waals surface area contributed by atoms with Crippen LogP contribution < -0.4 is 15.5 Å². The highest BCUT2D eigenvalue weighted by molar-refractivity contribution is 5.67. The van der Waals surface area contributed by atoms with Crippen molar-refractivity contribution in [2.45, 2.75) is 82.8 Å². The Labute approximate surface area is 228 Å². The van der Waals surface area contributed by atoms with Gasteiger partial charge in [-0.2, -0.15) is 5.26 Å². The van der Waals surface area contributed by atoms with E-state index < -0.39 is 0 Å². The predicted molar refractivity (Wildman–Crippen MR) is 158 cm³/mol. The molecule has 0 bridgehead atoms. The van der Waals surface area contributed by atoms with Crippen LogP contribution in [0, 0.1) is 11.3 Å². The molecule has 1 aliphatic heterocycles. The largest absolute Gasteiger partial charge is 0.370 e. The Bertz CT molecular complexity index is 1250. The van der Waals surface area contributed by atoms with Crippen LogP contribution in [-0.2, 0) is 5.41 Å². The number of anilines is 2. The number of pyridine rings is 1. The van der Waals surface area contributed by atoms with Crippen LogP contribution in [0.1, 0.15) is 70.4 Å². The van der Waals surface area contributed by atoms with E-state index in [-0.39, 0.29) is 5.41 Å². The van der Waals surface area contributed by atoms with Crippen molar-refractivity contribution < 1.29 is 0 Å². The monoisotopic (exact) mass is 507 g/mol. The Morgan fingerprint density at radius 1 is 0.895 bits per heavy atom. The van der Waals surface area contributed by atoms with Crippen LogP contribution in [0.3, 0.4) is 0 Å². The summed E-state index contributed by atoms with van der Waals surface area (Å²) < 4.78 is 0. The third-order valence-corrected chi connectivity index (χ3v) is 8.15. The molecular weight excluding hydrogens is 466 g/mol. The Morgan fingerprint density at radius 3 is 2.42 bits per heavy atom. The van der Waals surface area contributed by atoms with Crippen molar-refractivity contribution in [1.82, 2.24) is 10.3 Å². The zero-order valence-electron chi connectivity index (χ0n) is 23.1. The summed E-state index contributed by atoms with van der Waals surface area (Å²) in [6.45, 7) is 8.86. The molecule has 2 fully saturated rings. The second-order valence-electron chi connectivity index (χ2n) is 12.0. The molecule has 5 heteroatoms. The van der Waals surface area contributed by atoms with E-state index in [2.05, 4.69) is 90.9 Å². The van der Waals surface area contributed by atoms with Crippen molar-refractivity contribution in [3.05, 3.63) is 78.0 Å². The molecule has 1 saturated carbocycles. The first-order chi connectivity index (χ1) is 18.4. The first-order valence-electron chi connectivity index (χ1n) is 14.2. The van der Waals surface area contributed by atoms with Gasteiger partial charge in [0.1, 0.15) is 5.82 Å². The first-order valence-corrected chi connectivity index (χ1v) is 14.2. The van der Waals surface area contributed by atoms with Gasteiger partial charge >= 0.3 is 0 Å². The Hall–Kier alpha value is -3.36. The van der Waals surface area contributed by atoms with Crippen molar-refractivity contribution in [1.29, 1.82) is 5.26 Å². The van der Waals surface area contributed by atoms with Crippen molar-refractivity contribution in [2.24, 2.45) is 0 Å². The number of nitriles is 1. The van der Waals surface area contributed by atoms with Gasteiger partial charge in [-0.3, -0.25) is 0 Å². The van der Waals surface area contributed by atoms with Gasteiger partial charge in [-0.05, 0) is 84.2 Å². The fourth-order valence-corrected chi connectivity index (χ4v) is 5.94. The van der Waals surface area contributed by atoms with Crippen molar-refractivity contribution in [3.8, 4) is 17.2 Å². The van der Waals surface area contributed by atoms with E-state index >= 15 is 0 Å². The number of piperidine rings is 1. The van der Waals surface area contributed by atoms with Crippen LogP contribution in [0.4, 0.5) is 11.5 Å². The molecule has 38 heavy (non-hydrogen) atoms. The SMILES string of the molecule is CC(C)(C)c1cccc(-c2ccnc(N[C@@H]3CCCC[C@H]3N[C@H]3CCCN(c4ccc(C#N)cc4)C3)c2)c1. The molecule has 1 saturated heterocycles. The summed E-state index contributed by atoms with van der Waals surface area (Å²) in [5.74, 6) is 0.963. The summed E-state index contributed by atoms with van der Waals surface area (Å²) in [5.41, 5.74) is 5.85. The van der Waals surface area contributed by atoms with Gasteiger partial charge < -0.3 is 15.5 Å². The molecule has 198 valence electrons. The Morgan fingerprint density at radius 2 is 1.66 bits per heavy atom. The standard InChI is InChI=1S/C33H41N5/c1-33(2,3)27-9-6-8-25(20-27)26-17-18-35-32(21-26)37-31-12-5-4-11-30(31)36-28-10-7-19-38(23-28)29-15-13-24(22-34)14-16-29/h6,8-9,13-18,20-21,28,30-31,36H,4-5,7,10-12,19,23H2,1-3H3,(H,35,37)/t28-,30+,31+/m0/s1. The number of nitrogens with one attached hydrogen (secondary N) is 2. The predicted octanol–water partition coefficient (Wildman–Crippen LogP) is 6.90. The lowest BCUT2D eigenvalue weighted by atomic mass is 9.85. The highest BCUT2D eigenvalue weighted by atomic mass is 15.2. The molecule has 3 atom stereocenters. The minimum atomic E-state index is 0.125. The molecule has 1 aromatic heterocycles. The summed E-state index contributed by atoms with van der Waals surface area (Å²) >= 11 is 0. The molecular formula is C33H41N5. The lowest BCUT2D eigenvalue weighted by Crippen LogP contribution is -2.54. The molecule has 1 aliphatic carbocycles. The number of nitrogens with zero attached hydrogens (tertiary/aromatic N) is 3. The molecule has 2 aliphatic rings. The highest BCUT2D eigenvalue weighted by Crippen LogP contribution is 2.30. The number of aromatic nitrogens is 1. The summed E-state index contributed by atoms with van der Waals surface area (Å²) in [6, 6.07) is 24.7. The molecule has 5 nitrogen and oxygen atoms in total. The first kappa shape index (κ1) is 26.3. The molecule has 0 amide bonds. The van der Waals surface area contributed by atoms with E-state index in [0.29, 0.717) is 18.1 Å².